The van der Waals surface area contributed by atoms with Crippen LogP contribution in [0.5, 0.6) is 0 Å². The number of nitrogens with one attached hydrogen (secondary N) is 1. The van der Waals surface area contributed by atoms with E-state index < -0.39 is 25.8 Å². The normalized spacial score (nSPS) is 12.9. The Hall–Kier alpha value is -0.560. The fourth-order valence-corrected chi connectivity index (χ4v) is 3.63. The highest BCUT2D eigenvalue weighted by atomic mass is 79.9. The molecule has 98 valence electrons. The predicted molar refractivity (Wildman–Crippen MR) is 61.9 cm³/mol. The first kappa shape index (κ1) is 14.5. The highest BCUT2D eigenvalue weighted by Crippen LogP contribution is 2.17. The van der Waals surface area contributed by atoms with Crippen LogP contribution >= 0.6 is 15.9 Å². The lowest BCUT2D eigenvalue weighted by atomic mass is 10.8. The summed E-state index contributed by atoms with van der Waals surface area (Å²) in [5, 5.41) is 11.6. The lowest BCUT2D eigenvalue weighted by Gasteiger charge is -2.05. The summed E-state index contributed by atoms with van der Waals surface area (Å²) in [6.45, 7) is -0.321. The fourth-order valence-electron chi connectivity index (χ4n) is 0.995. The van der Waals surface area contributed by atoms with E-state index in [4.69, 9.17) is 5.14 Å². The van der Waals surface area contributed by atoms with Crippen LogP contribution in [0.25, 0.3) is 0 Å². The molecule has 1 heterocycles. The zero-order valence-corrected chi connectivity index (χ0v) is 11.9. The highest BCUT2D eigenvalue weighted by molar-refractivity contribution is 9.10. The Kier molecular flexibility index (Phi) is 4.24. The highest BCUT2D eigenvalue weighted by Gasteiger charge is 2.23. The molecule has 0 unspecified atom stereocenters. The Bertz CT molecular complexity index is 587. The van der Waals surface area contributed by atoms with Gasteiger partial charge in [0, 0.05) is 13.6 Å². The first-order valence-electron chi connectivity index (χ1n) is 4.19. The van der Waals surface area contributed by atoms with E-state index in [-0.39, 0.29) is 16.2 Å². The van der Waals surface area contributed by atoms with Crippen molar-refractivity contribution < 1.29 is 16.8 Å². The Morgan fingerprint density at radius 2 is 2.00 bits per heavy atom. The van der Waals surface area contributed by atoms with Gasteiger partial charge in [0.05, 0.1) is 5.75 Å². The molecule has 0 radical (unpaired) electrons. The van der Waals surface area contributed by atoms with Gasteiger partial charge in [-0.25, -0.2) is 31.4 Å². The molecule has 0 aromatic carbocycles. The average Bonchev–Trinajstić information content (AvgIpc) is 2.43. The fraction of sp³-hybridized carbons (Fsp3) is 0.600. The number of hydrogen-bond acceptors (Lipinski definition) is 6. The van der Waals surface area contributed by atoms with Crippen LogP contribution in [0.1, 0.15) is 0 Å². The smallest absolute Gasteiger partial charge is 0.235 e. The zero-order chi connectivity index (χ0) is 13.3. The first-order chi connectivity index (χ1) is 7.63. The Morgan fingerprint density at radius 1 is 1.41 bits per heavy atom. The molecule has 0 amide bonds. The van der Waals surface area contributed by atoms with E-state index in [1.165, 1.54) is 7.05 Å². The van der Waals surface area contributed by atoms with Crippen LogP contribution in [0.4, 0.5) is 0 Å². The van der Waals surface area contributed by atoms with Gasteiger partial charge in [0.25, 0.3) is 10.0 Å². The second kappa shape index (κ2) is 4.97. The van der Waals surface area contributed by atoms with Crippen molar-refractivity contribution in [1.29, 1.82) is 0 Å². The summed E-state index contributed by atoms with van der Waals surface area (Å²) in [6.07, 6.45) is 0. The Labute approximate surface area is 107 Å². The molecule has 9 nitrogen and oxygen atoms in total. The van der Waals surface area contributed by atoms with E-state index in [0.717, 1.165) is 4.68 Å². The monoisotopic (exact) mass is 347 g/mol. The van der Waals surface area contributed by atoms with Gasteiger partial charge in [0.1, 0.15) is 0 Å². The minimum Gasteiger partial charge on any atom is -0.235 e. The second-order valence-corrected chi connectivity index (χ2v) is 7.24. The molecule has 1 aromatic heterocycles. The molecule has 0 bridgehead atoms. The Morgan fingerprint density at radius 3 is 2.41 bits per heavy atom. The van der Waals surface area contributed by atoms with E-state index >= 15 is 0 Å². The van der Waals surface area contributed by atoms with Gasteiger partial charge in [0.2, 0.25) is 15.0 Å². The molecule has 0 saturated carbocycles. The number of aromatic nitrogens is 3. The molecule has 1 rings (SSSR count). The lowest BCUT2D eigenvalue weighted by molar-refractivity contribution is 0.561. The van der Waals surface area contributed by atoms with Gasteiger partial charge in [-0.3, -0.25) is 0 Å². The quantitative estimate of drug-likeness (QED) is 0.640. The van der Waals surface area contributed by atoms with E-state index in [1.807, 2.05) is 0 Å². The van der Waals surface area contributed by atoms with Crippen LogP contribution < -0.4 is 9.86 Å². The molecule has 0 aliphatic rings. The number of halogens is 1. The van der Waals surface area contributed by atoms with Crippen molar-refractivity contribution in [3.63, 3.8) is 0 Å². The molecule has 3 N–H and O–H groups in total. The minimum absolute atomic E-state index is 0.0445. The summed E-state index contributed by atoms with van der Waals surface area (Å²) in [5.41, 5.74) is 0. The summed E-state index contributed by atoms with van der Waals surface area (Å²) in [7, 11) is -6.20. The molecule has 0 aliphatic heterocycles. The zero-order valence-electron chi connectivity index (χ0n) is 8.66. The maximum Gasteiger partial charge on any atom is 0.260 e. The topological polar surface area (TPSA) is 137 Å². The number of nitrogens with two attached hydrogens (primary N) is 1. The van der Waals surface area contributed by atoms with Crippen LogP contribution in [0.3, 0.4) is 0 Å². The first-order valence-corrected chi connectivity index (χ1v) is 8.18. The van der Waals surface area contributed by atoms with Crippen LogP contribution in [0.15, 0.2) is 9.63 Å². The third-order valence-corrected chi connectivity index (χ3v) is 4.79. The maximum atomic E-state index is 11.7. The largest absolute Gasteiger partial charge is 0.260 e. The van der Waals surface area contributed by atoms with E-state index in [2.05, 4.69) is 31.0 Å². The van der Waals surface area contributed by atoms with Crippen LogP contribution in [0.2, 0.25) is 0 Å². The third-order valence-electron chi connectivity index (χ3n) is 1.67. The molecule has 0 spiro atoms. The van der Waals surface area contributed by atoms with E-state index in [9.17, 15) is 16.8 Å². The van der Waals surface area contributed by atoms with Crippen molar-refractivity contribution in [2.45, 2.75) is 5.03 Å². The van der Waals surface area contributed by atoms with Crippen molar-refractivity contribution in [2.75, 3.05) is 12.3 Å². The summed E-state index contributed by atoms with van der Waals surface area (Å²) in [6, 6.07) is 0. The third kappa shape index (κ3) is 3.99. The summed E-state index contributed by atoms with van der Waals surface area (Å²) in [4.78, 5) is 0. The number of aryl methyl sites for hydroxylation is 1. The van der Waals surface area contributed by atoms with Gasteiger partial charge in [0.15, 0.2) is 4.60 Å². The molecule has 0 saturated heterocycles. The van der Waals surface area contributed by atoms with Crippen molar-refractivity contribution >= 4 is 36.0 Å². The standard InChI is InChI=1S/C5H10BrN5O4S2/c1-11-5(4(6)9-10-11)17(14,15)8-2-3-16(7,12)13/h8H,2-3H2,1H3,(H2,7,12,13). The minimum atomic E-state index is -3.88. The molecule has 0 atom stereocenters. The van der Waals surface area contributed by atoms with Crippen LogP contribution in [-0.4, -0.2) is 44.1 Å². The molecule has 17 heavy (non-hydrogen) atoms. The average molecular weight is 348 g/mol. The van der Waals surface area contributed by atoms with Crippen molar-refractivity contribution in [3.05, 3.63) is 4.60 Å². The molecule has 0 fully saturated rings. The van der Waals surface area contributed by atoms with Gasteiger partial charge >= 0.3 is 0 Å². The van der Waals surface area contributed by atoms with Gasteiger partial charge in [-0.15, -0.1) is 5.10 Å². The molecular formula is C5H10BrN5O4S2. The number of primary sulfonamides is 1. The Balaban J connectivity index is 2.84. The van der Waals surface area contributed by atoms with E-state index in [1.54, 1.807) is 0 Å². The molecule has 12 heteroatoms. The van der Waals surface area contributed by atoms with Crippen LogP contribution in [0, 0.1) is 0 Å². The van der Waals surface area contributed by atoms with Gasteiger partial charge in [-0.1, -0.05) is 5.21 Å². The number of hydrogen-bond donors (Lipinski definition) is 2. The summed E-state index contributed by atoms with van der Waals surface area (Å²) < 4.78 is 47.9. The summed E-state index contributed by atoms with van der Waals surface area (Å²) >= 11 is 2.93. The van der Waals surface area contributed by atoms with Crippen molar-refractivity contribution in [1.82, 2.24) is 19.7 Å². The molecule has 1 aromatic rings. The van der Waals surface area contributed by atoms with Gasteiger partial charge < -0.3 is 0 Å². The molecule has 0 aliphatic carbocycles. The van der Waals surface area contributed by atoms with E-state index in [0.29, 0.717) is 0 Å². The number of rotatable bonds is 5. The predicted octanol–water partition coefficient (Wildman–Crippen LogP) is -1.86. The van der Waals surface area contributed by atoms with Crippen LogP contribution in [-0.2, 0) is 27.1 Å². The van der Waals surface area contributed by atoms with Gasteiger partial charge in [-0.2, -0.15) is 0 Å². The lowest BCUT2D eigenvalue weighted by Crippen LogP contribution is -2.32. The second-order valence-electron chi connectivity index (χ2n) is 3.07. The maximum absolute atomic E-state index is 11.7. The van der Waals surface area contributed by atoms with Gasteiger partial charge in [-0.05, 0) is 15.9 Å². The SMILES string of the molecule is Cn1nnc(Br)c1S(=O)(=O)NCCS(N)(=O)=O. The van der Waals surface area contributed by atoms with Crippen molar-refractivity contribution in [2.24, 2.45) is 12.2 Å². The summed E-state index contributed by atoms with van der Waals surface area (Å²) in [5.74, 6) is -0.491. The molecular weight excluding hydrogens is 338 g/mol. The number of nitrogens with zero attached hydrogens (tertiary/aromatic N) is 3. The number of sulfonamides is 2. The van der Waals surface area contributed by atoms with Crippen molar-refractivity contribution in [3.8, 4) is 0 Å².